The molecular formula is C19H21NO. The van der Waals surface area contributed by atoms with E-state index in [9.17, 15) is 0 Å². The second-order valence-electron chi connectivity index (χ2n) is 4.85. The van der Waals surface area contributed by atoms with E-state index in [-0.39, 0.29) is 0 Å². The molecule has 2 rings (SSSR count). The number of ether oxygens (including phenoxy) is 1. The molecule has 108 valence electrons. The number of benzene rings is 2. The molecule has 2 aromatic rings. The Labute approximate surface area is 127 Å². The highest BCUT2D eigenvalue weighted by molar-refractivity contribution is 5.38. The fraction of sp³-hybridized carbons (Fsp3) is 0.263. The smallest absolute Gasteiger partial charge is 0.149 e. The van der Waals surface area contributed by atoms with Crippen LogP contribution in [0.15, 0.2) is 48.5 Å². The van der Waals surface area contributed by atoms with E-state index in [1.54, 1.807) is 0 Å². The molecule has 1 N–H and O–H groups in total. The van der Waals surface area contributed by atoms with Crippen molar-refractivity contribution in [2.75, 3.05) is 13.2 Å². The van der Waals surface area contributed by atoms with Gasteiger partial charge < -0.3 is 10.1 Å². The normalized spacial score (nSPS) is 9.81. The largest absolute Gasteiger partial charge is 0.481 e. The lowest BCUT2D eigenvalue weighted by atomic mass is 10.1. The van der Waals surface area contributed by atoms with Crippen molar-refractivity contribution >= 4 is 0 Å². The van der Waals surface area contributed by atoms with Crippen LogP contribution >= 0.6 is 0 Å². The lowest BCUT2D eigenvalue weighted by Gasteiger charge is -2.11. The van der Waals surface area contributed by atoms with Crippen molar-refractivity contribution in [1.29, 1.82) is 0 Å². The predicted molar refractivity (Wildman–Crippen MR) is 87.4 cm³/mol. The van der Waals surface area contributed by atoms with E-state index in [4.69, 9.17) is 4.74 Å². The van der Waals surface area contributed by atoms with Crippen molar-refractivity contribution in [3.8, 4) is 17.6 Å². The molecule has 2 heteroatoms. The summed E-state index contributed by atoms with van der Waals surface area (Å²) < 4.78 is 5.80. The summed E-state index contributed by atoms with van der Waals surface area (Å²) in [6, 6.07) is 16.2. The molecule has 2 aromatic carbocycles. The highest BCUT2D eigenvalue weighted by atomic mass is 16.5. The number of rotatable bonds is 5. The molecule has 0 aliphatic heterocycles. The van der Waals surface area contributed by atoms with Crippen molar-refractivity contribution in [3.63, 3.8) is 0 Å². The Bertz CT molecular complexity index is 623. The van der Waals surface area contributed by atoms with Gasteiger partial charge in [-0.05, 0) is 31.7 Å². The molecule has 2 nitrogen and oxygen atoms in total. The summed E-state index contributed by atoms with van der Waals surface area (Å²) in [5, 5.41) is 3.33. The summed E-state index contributed by atoms with van der Waals surface area (Å²) in [5.74, 6) is 7.06. The zero-order valence-corrected chi connectivity index (χ0v) is 12.6. The van der Waals surface area contributed by atoms with Gasteiger partial charge in [-0.15, -0.1) is 0 Å². The van der Waals surface area contributed by atoms with Crippen LogP contribution in [0.5, 0.6) is 5.75 Å². The second-order valence-corrected chi connectivity index (χ2v) is 4.85. The first-order valence-electron chi connectivity index (χ1n) is 7.26. The Morgan fingerprint density at radius 2 is 1.90 bits per heavy atom. The molecular weight excluding hydrogens is 258 g/mol. The summed E-state index contributed by atoms with van der Waals surface area (Å²) in [5.41, 5.74) is 3.43. The minimum absolute atomic E-state index is 0.400. The zero-order chi connectivity index (χ0) is 14.9. The fourth-order valence-corrected chi connectivity index (χ4v) is 2.02. The van der Waals surface area contributed by atoms with Crippen LogP contribution in [0.25, 0.3) is 0 Å². The van der Waals surface area contributed by atoms with Crippen molar-refractivity contribution in [1.82, 2.24) is 5.32 Å². The van der Waals surface area contributed by atoms with E-state index in [0.29, 0.717) is 6.61 Å². The molecule has 0 radical (unpaired) electrons. The second kappa shape index (κ2) is 8.14. The molecule has 0 heterocycles. The number of nitrogens with one attached hydrogen (secondary N) is 1. The maximum absolute atomic E-state index is 5.80. The topological polar surface area (TPSA) is 21.3 Å². The van der Waals surface area contributed by atoms with E-state index in [1.165, 1.54) is 11.1 Å². The molecule has 21 heavy (non-hydrogen) atoms. The quantitative estimate of drug-likeness (QED) is 0.845. The van der Waals surface area contributed by atoms with Crippen LogP contribution in [0.4, 0.5) is 0 Å². The Morgan fingerprint density at radius 1 is 1.10 bits per heavy atom. The molecule has 0 aromatic heterocycles. The molecule has 0 amide bonds. The molecule has 0 spiro atoms. The van der Waals surface area contributed by atoms with Gasteiger partial charge in [-0.2, -0.15) is 0 Å². The number of hydrogen-bond acceptors (Lipinski definition) is 2. The summed E-state index contributed by atoms with van der Waals surface area (Å²) >= 11 is 0. The monoisotopic (exact) mass is 279 g/mol. The van der Waals surface area contributed by atoms with E-state index < -0.39 is 0 Å². The molecule has 0 saturated carbocycles. The maximum Gasteiger partial charge on any atom is 0.149 e. The van der Waals surface area contributed by atoms with Gasteiger partial charge in [0.25, 0.3) is 0 Å². The first-order valence-corrected chi connectivity index (χ1v) is 7.26. The van der Waals surface area contributed by atoms with Crippen LogP contribution in [0, 0.1) is 18.8 Å². The van der Waals surface area contributed by atoms with Gasteiger partial charge in [0.1, 0.15) is 12.4 Å². The van der Waals surface area contributed by atoms with Gasteiger partial charge in [0.15, 0.2) is 0 Å². The van der Waals surface area contributed by atoms with Gasteiger partial charge >= 0.3 is 0 Å². The molecule has 0 atom stereocenters. The van der Waals surface area contributed by atoms with Crippen molar-refractivity contribution in [2.45, 2.75) is 20.4 Å². The van der Waals surface area contributed by atoms with Gasteiger partial charge in [0.2, 0.25) is 0 Å². The van der Waals surface area contributed by atoms with Gasteiger partial charge in [-0.1, -0.05) is 54.7 Å². The Balaban J connectivity index is 1.98. The maximum atomic E-state index is 5.80. The van der Waals surface area contributed by atoms with Crippen molar-refractivity contribution in [2.24, 2.45) is 0 Å². The minimum atomic E-state index is 0.400. The van der Waals surface area contributed by atoms with Gasteiger partial charge in [-0.3, -0.25) is 0 Å². The third-order valence-electron chi connectivity index (χ3n) is 3.09. The zero-order valence-electron chi connectivity index (χ0n) is 12.6. The third-order valence-corrected chi connectivity index (χ3v) is 3.09. The first-order chi connectivity index (χ1) is 10.3. The third kappa shape index (κ3) is 4.98. The van der Waals surface area contributed by atoms with Crippen LogP contribution in [0.2, 0.25) is 0 Å². The lowest BCUT2D eigenvalue weighted by molar-refractivity contribution is 0.364. The van der Waals surface area contributed by atoms with E-state index in [1.807, 2.05) is 36.4 Å². The number of hydrogen-bond donors (Lipinski definition) is 1. The lowest BCUT2D eigenvalue weighted by Crippen LogP contribution is -2.13. The summed E-state index contributed by atoms with van der Waals surface area (Å²) in [6.45, 7) is 6.36. The van der Waals surface area contributed by atoms with E-state index in [2.05, 4.69) is 43.1 Å². The highest BCUT2D eigenvalue weighted by Gasteiger charge is 2.03. The van der Waals surface area contributed by atoms with Crippen LogP contribution in [-0.2, 0) is 6.54 Å². The minimum Gasteiger partial charge on any atom is -0.481 e. The van der Waals surface area contributed by atoms with Gasteiger partial charge in [-0.25, -0.2) is 0 Å². The summed E-state index contributed by atoms with van der Waals surface area (Å²) in [7, 11) is 0. The van der Waals surface area contributed by atoms with Crippen LogP contribution in [0.1, 0.15) is 23.6 Å². The van der Waals surface area contributed by atoms with Crippen LogP contribution in [-0.4, -0.2) is 13.2 Å². The van der Waals surface area contributed by atoms with E-state index >= 15 is 0 Å². The predicted octanol–water partition coefficient (Wildman–Crippen LogP) is 3.54. The summed E-state index contributed by atoms with van der Waals surface area (Å²) in [6.07, 6.45) is 0. The van der Waals surface area contributed by atoms with Crippen molar-refractivity contribution in [3.05, 3.63) is 65.2 Å². The molecule has 0 unspecified atom stereocenters. The van der Waals surface area contributed by atoms with Crippen molar-refractivity contribution < 1.29 is 4.74 Å². The molecule has 0 bridgehead atoms. The Morgan fingerprint density at radius 3 is 2.67 bits per heavy atom. The Kier molecular flexibility index (Phi) is 5.87. The molecule has 0 fully saturated rings. The van der Waals surface area contributed by atoms with Gasteiger partial charge in [0.05, 0.1) is 0 Å². The Hall–Kier alpha value is -2.24. The molecule has 0 aliphatic carbocycles. The highest BCUT2D eigenvalue weighted by Crippen LogP contribution is 2.19. The number of aryl methyl sites for hydroxylation is 1. The average molecular weight is 279 g/mol. The molecule has 0 aliphatic rings. The van der Waals surface area contributed by atoms with Crippen LogP contribution in [0.3, 0.4) is 0 Å². The molecule has 0 saturated heterocycles. The average Bonchev–Trinajstić information content (AvgIpc) is 2.52. The van der Waals surface area contributed by atoms with Gasteiger partial charge in [0, 0.05) is 17.7 Å². The SMILES string of the molecule is CCNCc1cc(C)ccc1OCC#Cc1ccccc1. The fourth-order valence-electron chi connectivity index (χ4n) is 2.02. The standard InChI is InChI=1S/C19H21NO/c1-3-20-15-18-14-16(2)11-12-19(18)21-13-7-10-17-8-5-4-6-9-17/h4-6,8-9,11-12,14,20H,3,13,15H2,1-2H3. The van der Waals surface area contributed by atoms with E-state index in [0.717, 1.165) is 24.4 Å². The first kappa shape index (κ1) is 15.2. The summed E-state index contributed by atoms with van der Waals surface area (Å²) in [4.78, 5) is 0. The van der Waals surface area contributed by atoms with Crippen LogP contribution < -0.4 is 10.1 Å².